The average molecular weight is 528 g/mol. The number of hydrogen-bond donors (Lipinski definition) is 1. The van der Waals surface area contributed by atoms with Crippen LogP contribution < -0.4 is 4.74 Å². The largest absolute Gasteiger partial charge is 0.489 e. The van der Waals surface area contributed by atoms with Crippen molar-refractivity contribution in [1.29, 1.82) is 0 Å². The van der Waals surface area contributed by atoms with Gasteiger partial charge in [-0.3, -0.25) is 4.79 Å². The normalized spacial score (nSPS) is 11.3. The average Bonchev–Trinajstić information content (AvgIpc) is 3.28. The minimum absolute atomic E-state index is 0.158. The first-order valence-corrected chi connectivity index (χ1v) is 12.5. The van der Waals surface area contributed by atoms with Crippen LogP contribution in [-0.2, 0) is 17.9 Å². The molecule has 0 spiro atoms. The van der Waals surface area contributed by atoms with Crippen LogP contribution in [0.5, 0.6) is 5.75 Å². The van der Waals surface area contributed by atoms with Gasteiger partial charge in [-0.15, -0.1) is 0 Å². The molecule has 0 amide bonds. The van der Waals surface area contributed by atoms with E-state index in [0.29, 0.717) is 16.7 Å². The molecular weight excluding hydrogens is 505 g/mol. The van der Waals surface area contributed by atoms with E-state index >= 15 is 0 Å². The molecule has 0 unspecified atom stereocenters. The molecule has 0 aliphatic carbocycles. The van der Waals surface area contributed by atoms with E-state index in [1.165, 1.54) is 0 Å². The van der Waals surface area contributed by atoms with Gasteiger partial charge in [-0.25, -0.2) is 0 Å². The Kier molecular flexibility index (Phi) is 7.31. The Morgan fingerprint density at radius 1 is 0.865 bits per heavy atom. The number of aliphatic carboxylic acids is 1. The van der Waals surface area contributed by atoms with E-state index in [1.807, 2.05) is 78.9 Å². The maximum atomic E-state index is 11.5. The second kappa shape index (κ2) is 11.0. The number of benzene rings is 4. The summed E-state index contributed by atoms with van der Waals surface area (Å²) >= 11 is 12.4. The molecule has 4 aromatic carbocycles. The molecule has 5 rings (SSSR count). The Labute approximate surface area is 225 Å². The molecule has 1 N–H and O–H groups in total. The van der Waals surface area contributed by atoms with Gasteiger partial charge in [0.15, 0.2) is 0 Å². The summed E-state index contributed by atoms with van der Waals surface area (Å²) < 4.78 is 7.64. The SMILES string of the molecule is O=C(O)Cn1cc(-c2ccc(Cl)cc2Cl)cc1C=Cc1ccc2cc(OCc3ccccc3)ccc2c1. The van der Waals surface area contributed by atoms with Crippen LogP contribution in [0.1, 0.15) is 16.8 Å². The fraction of sp³-hybridized carbons (Fsp3) is 0.0645. The van der Waals surface area contributed by atoms with Crippen LogP contribution in [0.2, 0.25) is 10.0 Å². The van der Waals surface area contributed by atoms with Crippen molar-refractivity contribution in [2.75, 3.05) is 0 Å². The summed E-state index contributed by atoms with van der Waals surface area (Å²) in [6.45, 7) is 0.362. The molecule has 0 saturated carbocycles. The number of ether oxygens (including phenoxy) is 1. The van der Waals surface area contributed by atoms with Crippen molar-refractivity contribution in [2.45, 2.75) is 13.2 Å². The first-order chi connectivity index (χ1) is 17.9. The van der Waals surface area contributed by atoms with Crippen LogP contribution in [0.4, 0.5) is 0 Å². The lowest BCUT2D eigenvalue weighted by Gasteiger charge is -2.08. The van der Waals surface area contributed by atoms with Crippen molar-refractivity contribution in [2.24, 2.45) is 0 Å². The van der Waals surface area contributed by atoms with Gasteiger partial charge in [-0.2, -0.15) is 0 Å². The Hall–Kier alpha value is -3.99. The highest BCUT2D eigenvalue weighted by Gasteiger charge is 2.11. The van der Waals surface area contributed by atoms with Gasteiger partial charge in [-0.05, 0) is 64.4 Å². The summed E-state index contributed by atoms with van der Waals surface area (Å²) in [6, 6.07) is 29.5. The molecule has 1 aromatic heterocycles. The Morgan fingerprint density at radius 3 is 2.43 bits per heavy atom. The number of halogens is 2. The number of carbonyl (C=O) groups is 1. The third-order valence-corrected chi connectivity index (χ3v) is 6.56. The monoisotopic (exact) mass is 527 g/mol. The summed E-state index contributed by atoms with van der Waals surface area (Å²) in [5.41, 5.74) is 4.50. The van der Waals surface area contributed by atoms with Crippen LogP contribution >= 0.6 is 23.2 Å². The number of carboxylic acids is 1. The number of rotatable bonds is 8. The van der Waals surface area contributed by atoms with Gasteiger partial charge in [0.25, 0.3) is 0 Å². The van der Waals surface area contributed by atoms with Crippen LogP contribution in [0.25, 0.3) is 34.1 Å². The lowest BCUT2D eigenvalue weighted by molar-refractivity contribution is -0.137. The maximum Gasteiger partial charge on any atom is 0.323 e. The Balaban J connectivity index is 1.37. The zero-order valence-corrected chi connectivity index (χ0v) is 21.3. The number of carboxylic acid groups (broad SMARTS) is 1. The molecule has 37 heavy (non-hydrogen) atoms. The van der Waals surface area contributed by atoms with Crippen molar-refractivity contribution in [3.63, 3.8) is 0 Å². The molecular formula is C31H23Cl2NO3. The zero-order valence-electron chi connectivity index (χ0n) is 19.8. The minimum Gasteiger partial charge on any atom is -0.489 e. The maximum absolute atomic E-state index is 11.5. The first-order valence-electron chi connectivity index (χ1n) is 11.7. The molecule has 6 heteroatoms. The summed E-state index contributed by atoms with van der Waals surface area (Å²) in [4.78, 5) is 11.5. The molecule has 0 bridgehead atoms. The van der Waals surface area contributed by atoms with Gasteiger partial charge < -0.3 is 14.4 Å². The molecule has 5 aromatic rings. The Morgan fingerprint density at radius 2 is 1.65 bits per heavy atom. The highest BCUT2D eigenvalue weighted by Crippen LogP contribution is 2.32. The second-order valence-electron chi connectivity index (χ2n) is 8.68. The van der Waals surface area contributed by atoms with E-state index in [4.69, 9.17) is 27.9 Å². The molecule has 0 aliphatic rings. The van der Waals surface area contributed by atoms with E-state index in [-0.39, 0.29) is 6.54 Å². The standard InChI is InChI=1S/C31H23Cl2NO3/c32-26-10-13-29(30(33)17-26)25-15-27(34(18-25)19-31(35)36)11-7-21-6-8-24-16-28(12-9-23(24)14-21)37-20-22-4-2-1-3-5-22/h1-18H,19-20H2,(H,35,36). The third-order valence-electron chi connectivity index (χ3n) is 6.01. The van der Waals surface area contributed by atoms with Crippen molar-refractivity contribution in [3.05, 3.63) is 124 Å². The van der Waals surface area contributed by atoms with Gasteiger partial charge in [0.1, 0.15) is 18.9 Å². The first kappa shape index (κ1) is 24.7. The molecule has 0 radical (unpaired) electrons. The lowest BCUT2D eigenvalue weighted by Crippen LogP contribution is -2.08. The van der Waals surface area contributed by atoms with Crippen molar-refractivity contribution in [3.8, 4) is 16.9 Å². The molecule has 0 atom stereocenters. The zero-order chi connectivity index (χ0) is 25.8. The van der Waals surface area contributed by atoms with Gasteiger partial charge in [0.2, 0.25) is 0 Å². The van der Waals surface area contributed by atoms with E-state index in [0.717, 1.165) is 44.5 Å². The molecule has 1 heterocycles. The van der Waals surface area contributed by atoms with E-state index in [2.05, 4.69) is 12.1 Å². The second-order valence-corrected chi connectivity index (χ2v) is 9.52. The third kappa shape index (κ3) is 6.05. The van der Waals surface area contributed by atoms with Crippen LogP contribution in [0.3, 0.4) is 0 Å². The van der Waals surface area contributed by atoms with Crippen molar-refractivity contribution >= 4 is 52.1 Å². The number of nitrogens with zero attached hydrogens (tertiary/aromatic N) is 1. The smallest absolute Gasteiger partial charge is 0.323 e. The van der Waals surface area contributed by atoms with Crippen LogP contribution in [0.15, 0.2) is 97.2 Å². The topological polar surface area (TPSA) is 51.5 Å². The molecule has 184 valence electrons. The Bertz CT molecular complexity index is 1610. The molecule has 0 fully saturated rings. The van der Waals surface area contributed by atoms with E-state index in [9.17, 15) is 9.90 Å². The molecule has 4 nitrogen and oxygen atoms in total. The van der Waals surface area contributed by atoms with Crippen LogP contribution in [0, 0.1) is 0 Å². The minimum atomic E-state index is -0.921. The number of hydrogen-bond acceptors (Lipinski definition) is 2. The fourth-order valence-electron chi connectivity index (χ4n) is 4.18. The lowest BCUT2D eigenvalue weighted by atomic mass is 10.1. The van der Waals surface area contributed by atoms with Crippen molar-refractivity contribution < 1.29 is 14.6 Å². The fourth-order valence-corrected chi connectivity index (χ4v) is 4.70. The summed E-state index contributed by atoms with van der Waals surface area (Å²) in [5.74, 6) is -0.102. The quantitative estimate of drug-likeness (QED) is 0.220. The highest BCUT2D eigenvalue weighted by atomic mass is 35.5. The molecule has 0 aliphatic heterocycles. The number of aromatic nitrogens is 1. The van der Waals surface area contributed by atoms with Gasteiger partial charge in [0, 0.05) is 33.1 Å². The predicted molar refractivity (Wildman–Crippen MR) is 151 cm³/mol. The van der Waals surface area contributed by atoms with E-state index < -0.39 is 5.97 Å². The summed E-state index contributed by atoms with van der Waals surface area (Å²) in [5, 5.41) is 12.6. The summed E-state index contributed by atoms with van der Waals surface area (Å²) in [7, 11) is 0. The van der Waals surface area contributed by atoms with E-state index in [1.54, 1.807) is 22.9 Å². The van der Waals surface area contributed by atoms with Gasteiger partial charge in [-0.1, -0.05) is 83.9 Å². The van der Waals surface area contributed by atoms with Gasteiger partial charge >= 0.3 is 5.97 Å². The van der Waals surface area contributed by atoms with Crippen molar-refractivity contribution in [1.82, 2.24) is 4.57 Å². The van der Waals surface area contributed by atoms with Crippen LogP contribution in [-0.4, -0.2) is 15.6 Å². The highest BCUT2D eigenvalue weighted by molar-refractivity contribution is 6.36. The number of fused-ring (bicyclic) bond motifs is 1. The molecule has 0 saturated heterocycles. The van der Waals surface area contributed by atoms with Gasteiger partial charge in [0.05, 0.1) is 0 Å². The predicted octanol–water partition coefficient (Wildman–Crippen LogP) is 8.45. The summed E-state index contributed by atoms with van der Waals surface area (Å²) in [6.07, 6.45) is 5.68.